The first kappa shape index (κ1) is 34.1. The van der Waals surface area contributed by atoms with Gasteiger partial charge in [0, 0.05) is 45.0 Å². The van der Waals surface area contributed by atoms with E-state index >= 15 is 0 Å². The lowest BCUT2D eigenvalue weighted by molar-refractivity contribution is -0.271. The average Bonchev–Trinajstić information content (AvgIpc) is 3.29. The number of amides is 4. The first-order valence-corrected chi connectivity index (χ1v) is 13.8. The van der Waals surface area contributed by atoms with Crippen LogP contribution in [0.1, 0.15) is 44.6 Å². The van der Waals surface area contributed by atoms with E-state index in [1.165, 1.54) is 37.3 Å². The highest BCUT2D eigenvalue weighted by Crippen LogP contribution is 2.31. The summed E-state index contributed by atoms with van der Waals surface area (Å²) >= 11 is 0. The van der Waals surface area contributed by atoms with Crippen molar-refractivity contribution in [3.8, 4) is 5.75 Å². The average molecular weight is 622 g/mol. The molecule has 1 fully saturated rings. The Labute approximate surface area is 251 Å². The Kier molecular flexibility index (Phi) is 12.3. The Hall–Kier alpha value is -4.38. The van der Waals surface area contributed by atoms with Crippen molar-refractivity contribution in [1.29, 1.82) is 0 Å². The zero-order chi connectivity index (χ0) is 32.4. The highest BCUT2D eigenvalue weighted by Gasteiger charge is 2.48. The van der Waals surface area contributed by atoms with Gasteiger partial charge in [0.25, 0.3) is 11.8 Å². The van der Waals surface area contributed by atoms with Gasteiger partial charge in [0.15, 0.2) is 6.10 Å². The second-order valence-corrected chi connectivity index (χ2v) is 10.1. The molecule has 16 nitrogen and oxygen atoms in total. The van der Waals surface area contributed by atoms with E-state index in [1.54, 1.807) is 0 Å². The van der Waals surface area contributed by atoms with Crippen molar-refractivity contribution < 1.29 is 63.4 Å². The fourth-order valence-corrected chi connectivity index (χ4v) is 4.33. The fourth-order valence-electron chi connectivity index (χ4n) is 4.33. The summed E-state index contributed by atoms with van der Waals surface area (Å²) < 4.78 is 15.7. The number of nitrogens with zero attached hydrogens (tertiary/aromatic N) is 1. The first-order chi connectivity index (χ1) is 20.9. The van der Waals surface area contributed by atoms with E-state index < -0.39 is 48.6 Å². The topological polar surface area (TPSA) is 238 Å². The van der Waals surface area contributed by atoms with Crippen molar-refractivity contribution in [2.75, 3.05) is 18.4 Å². The first-order valence-electron chi connectivity index (χ1n) is 13.8. The van der Waals surface area contributed by atoms with Gasteiger partial charge in [-0.15, -0.1) is 0 Å². The molecule has 1 aromatic carbocycles. The van der Waals surface area contributed by atoms with Gasteiger partial charge in [-0.3, -0.25) is 28.9 Å². The summed E-state index contributed by atoms with van der Waals surface area (Å²) in [7, 11) is 0. The molecule has 0 radical (unpaired) electrons. The number of carbonyl (C=O) groups is 6. The van der Waals surface area contributed by atoms with Gasteiger partial charge in [0.1, 0.15) is 30.7 Å². The smallest absolute Gasteiger partial charge is 0.335 e. The number of carbonyl (C=O) groups excluding carboxylic acids is 5. The molecule has 2 heterocycles. The monoisotopic (exact) mass is 621 g/mol. The number of aliphatic carboxylic acids is 1. The number of aliphatic hydroxyl groups excluding tert-OH is 3. The lowest BCUT2D eigenvalue weighted by Crippen LogP contribution is -2.61. The Balaban J connectivity index is 1.52. The van der Waals surface area contributed by atoms with Gasteiger partial charge in [-0.2, -0.15) is 0 Å². The third kappa shape index (κ3) is 9.57. The Bertz CT molecular complexity index is 1270. The van der Waals surface area contributed by atoms with Crippen LogP contribution in [0.4, 0.5) is 5.69 Å². The van der Waals surface area contributed by atoms with Crippen molar-refractivity contribution in [1.82, 2.24) is 10.2 Å². The maximum Gasteiger partial charge on any atom is 0.335 e. The summed E-state index contributed by atoms with van der Waals surface area (Å²) in [6.45, 7) is 1.33. The zero-order valence-corrected chi connectivity index (χ0v) is 23.8. The molecule has 1 saturated heterocycles. The number of carboxylic acid groups (broad SMARTS) is 1. The SMILES string of the molecule is CC(=O)OCc1ccc(O[C@@H]2O[C@H](C(=O)O)[C@@H](O)[C@H](O)[C@H]2O)c(NC(=O)CCNC(=O)CCCCCN2C(=O)C=CC2=O)c1. The number of esters is 1. The van der Waals surface area contributed by atoms with Crippen molar-refractivity contribution in [3.05, 3.63) is 35.9 Å². The molecular weight excluding hydrogens is 586 g/mol. The minimum Gasteiger partial charge on any atom is -0.479 e. The molecule has 2 aliphatic rings. The second kappa shape index (κ2) is 15.9. The van der Waals surface area contributed by atoms with Crippen molar-refractivity contribution in [2.45, 2.75) is 76.3 Å². The highest BCUT2D eigenvalue weighted by atomic mass is 16.7. The Morgan fingerprint density at radius 1 is 0.932 bits per heavy atom. The van der Waals surface area contributed by atoms with Crippen LogP contribution in [0.2, 0.25) is 0 Å². The van der Waals surface area contributed by atoms with E-state index in [1.807, 2.05) is 0 Å². The molecule has 16 heteroatoms. The molecule has 0 unspecified atom stereocenters. The lowest BCUT2D eigenvalue weighted by Gasteiger charge is -2.38. The summed E-state index contributed by atoms with van der Waals surface area (Å²) in [5, 5.41) is 44.8. The van der Waals surface area contributed by atoms with Crippen LogP contribution in [0.15, 0.2) is 30.4 Å². The van der Waals surface area contributed by atoms with Crippen LogP contribution in [0, 0.1) is 0 Å². The van der Waals surface area contributed by atoms with Crippen LogP contribution in [0.5, 0.6) is 5.75 Å². The lowest BCUT2D eigenvalue weighted by atomic mass is 9.99. The van der Waals surface area contributed by atoms with E-state index in [0.717, 1.165) is 4.90 Å². The summed E-state index contributed by atoms with van der Waals surface area (Å²) in [6.07, 6.45) is -5.19. The number of carboxylic acids is 1. The number of imide groups is 1. The third-order valence-electron chi connectivity index (χ3n) is 6.68. The number of hydrogen-bond donors (Lipinski definition) is 6. The molecule has 0 spiro atoms. The van der Waals surface area contributed by atoms with Gasteiger partial charge >= 0.3 is 11.9 Å². The van der Waals surface area contributed by atoms with Gasteiger partial charge in [0.2, 0.25) is 18.1 Å². The number of benzene rings is 1. The number of rotatable bonds is 15. The molecule has 0 aliphatic carbocycles. The summed E-state index contributed by atoms with van der Waals surface area (Å²) in [5.41, 5.74) is 0.467. The van der Waals surface area contributed by atoms with E-state index in [9.17, 15) is 49.2 Å². The molecular formula is C28H35N3O13. The van der Waals surface area contributed by atoms with Gasteiger partial charge in [-0.05, 0) is 30.5 Å². The summed E-state index contributed by atoms with van der Waals surface area (Å²) in [6, 6.07) is 4.22. The zero-order valence-electron chi connectivity index (χ0n) is 23.8. The number of unbranched alkanes of at least 4 members (excludes halogenated alkanes) is 2. The van der Waals surface area contributed by atoms with Crippen LogP contribution < -0.4 is 15.4 Å². The van der Waals surface area contributed by atoms with Crippen LogP contribution >= 0.6 is 0 Å². The van der Waals surface area contributed by atoms with Crippen molar-refractivity contribution in [2.24, 2.45) is 0 Å². The minimum atomic E-state index is -1.92. The largest absolute Gasteiger partial charge is 0.479 e. The molecule has 0 bridgehead atoms. The number of aliphatic hydroxyl groups is 3. The van der Waals surface area contributed by atoms with Crippen molar-refractivity contribution in [3.63, 3.8) is 0 Å². The van der Waals surface area contributed by atoms with Crippen molar-refractivity contribution >= 4 is 41.3 Å². The minimum absolute atomic E-state index is 0.00866. The van der Waals surface area contributed by atoms with E-state index in [0.29, 0.717) is 24.8 Å². The maximum atomic E-state index is 12.7. The van der Waals surface area contributed by atoms with Gasteiger partial charge in [-0.1, -0.05) is 12.5 Å². The number of ether oxygens (including phenoxy) is 3. The molecule has 0 aromatic heterocycles. The maximum absolute atomic E-state index is 12.7. The Morgan fingerprint density at radius 3 is 2.30 bits per heavy atom. The highest BCUT2D eigenvalue weighted by molar-refractivity contribution is 6.12. The van der Waals surface area contributed by atoms with Crippen LogP contribution in [-0.4, -0.2) is 105 Å². The molecule has 4 amide bonds. The Morgan fingerprint density at radius 2 is 1.64 bits per heavy atom. The predicted molar refractivity (Wildman–Crippen MR) is 147 cm³/mol. The number of nitrogens with one attached hydrogen (secondary N) is 2. The van der Waals surface area contributed by atoms with Gasteiger partial charge in [0.05, 0.1) is 5.69 Å². The summed E-state index contributed by atoms with van der Waals surface area (Å²) in [5.74, 6) is -3.81. The third-order valence-corrected chi connectivity index (χ3v) is 6.68. The van der Waals surface area contributed by atoms with Gasteiger partial charge < -0.3 is 45.3 Å². The standard InChI is InChI=1S/C28H35N3O13/c1-15(32)42-14-16-6-7-18(43-28-25(39)23(37)24(38)26(44-28)27(40)41)17(13-16)30-20(34)10-11-29-19(33)5-3-2-4-12-31-21(35)8-9-22(31)36/h6-9,13,23-26,28,37-39H,2-5,10-12,14H2,1H3,(H,29,33)(H,30,34)(H,40,41)/t23-,24-,25+,26-,28+/m0/s1. The predicted octanol–water partition coefficient (Wildman–Crippen LogP) is -1.05. The van der Waals surface area contributed by atoms with Crippen LogP contribution in [0.3, 0.4) is 0 Å². The molecule has 5 atom stereocenters. The van der Waals surface area contributed by atoms with Crippen LogP contribution in [0.25, 0.3) is 0 Å². The normalized spacial score (nSPS) is 22.9. The van der Waals surface area contributed by atoms with E-state index in [4.69, 9.17) is 14.2 Å². The van der Waals surface area contributed by atoms with E-state index in [-0.39, 0.29) is 61.7 Å². The molecule has 44 heavy (non-hydrogen) atoms. The van der Waals surface area contributed by atoms with E-state index in [2.05, 4.69) is 10.6 Å². The molecule has 3 rings (SSSR count). The molecule has 240 valence electrons. The second-order valence-electron chi connectivity index (χ2n) is 10.1. The number of hydrogen-bond acceptors (Lipinski definition) is 12. The fraction of sp³-hybridized carbons (Fsp3) is 0.500. The quantitative estimate of drug-likeness (QED) is 0.0780. The van der Waals surface area contributed by atoms with Crippen LogP contribution in [-0.2, 0) is 44.8 Å². The van der Waals surface area contributed by atoms with Gasteiger partial charge in [-0.25, -0.2) is 4.79 Å². The molecule has 0 saturated carbocycles. The molecule has 2 aliphatic heterocycles. The molecule has 6 N–H and O–H groups in total. The summed E-state index contributed by atoms with van der Waals surface area (Å²) in [4.78, 5) is 71.7. The number of anilines is 1. The molecule has 1 aromatic rings.